The first-order chi connectivity index (χ1) is 8.49. The van der Waals surface area contributed by atoms with Gasteiger partial charge in [-0.15, -0.1) is 0 Å². The Balaban J connectivity index is 2.68. The average Bonchev–Trinajstić information content (AvgIpc) is 2.28. The quantitative estimate of drug-likeness (QED) is 0.782. The maximum absolute atomic E-state index is 3.74. The van der Waals surface area contributed by atoms with Crippen LogP contribution in [0.25, 0.3) is 0 Å². The molecule has 18 heavy (non-hydrogen) atoms. The largest absolute Gasteiger partial charge is 0.314 e. The van der Waals surface area contributed by atoms with Gasteiger partial charge in [-0.3, -0.25) is 0 Å². The van der Waals surface area contributed by atoms with Crippen molar-refractivity contribution in [3.05, 3.63) is 0 Å². The number of nitrogens with one attached hydrogen (secondary N) is 1. The van der Waals surface area contributed by atoms with E-state index in [0.717, 1.165) is 30.3 Å². The molecule has 0 amide bonds. The van der Waals surface area contributed by atoms with E-state index in [1.807, 2.05) is 0 Å². The Morgan fingerprint density at radius 1 is 1.17 bits per heavy atom. The first kappa shape index (κ1) is 16.0. The Hall–Kier alpha value is -0.0800. The molecule has 2 nitrogen and oxygen atoms in total. The van der Waals surface area contributed by atoms with Crippen LogP contribution in [-0.2, 0) is 0 Å². The van der Waals surface area contributed by atoms with Gasteiger partial charge in [0.25, 0.3) is 0 Å². The fourth-order valence-corrected chi connectivity index (χ4v) is 3.69. The summed E-state index contributed by atoms with van der Waals surface area (Å²) in [6.45, 7) is 17.6. The van der Waals surface area contributed by atoms with Gasteiger partial charge in [0.05, 0.1) is 0 Å². The van der Waals surface area contributed by atoms with Gasteiger partial charge in [-0.2, -0.15) is 0 Å². The monoisotopic (exact) mass is 254 g/mol. The lowest BCUT2D eigenvalue weighted by Gasteiger charge is -2.43. The van der Waals surface area contributed by atoms with E-state index >= 15 is 0 Å². The minimum Gasteiger partial charge on any atom is -0.314 e. The van der Waals surface area contributed by atoms with Crippen molar-refractivity contribution >= 4 is 0 Å². The van der Waals surface area contributed by atoms with Crippen LogP contribution in [0.5, 0.6) is 0 Å². The van der Waals surface area contributed by atoms with E-state index < -0.39 is 0 Å². The molecule has 1 saturated carbocycles. The molecule has 0 saturated heterocycles. The molecule has 1 aliphatic carbocycles. The van der Waals surface area contributed by atoms with Gasteiger partial charge in [-0.25, -0.2) is 0 Å². The highest BCUT2D eigenvalue weighted by Crippen LogP contribution is 2.34. The molecule has 0 aromatic carbocycles. The van der Waals surface area contributed by atoms with Crippen molar-refractivity contribution in [2.24, 2.45) is 17.8 Å². The van der Waals surface area contributed by atoms with Crippen molar-refractivity contribution in [3.63, 3.8) is 0 Å². The van der Waals surface area contributed by atoms with Crippen LogP contribution in [0.15, 0.2) is 0 Å². The SMILES string of the molecule is CCNC1CC(C)CC(C)C1CN(CC)C(C)C. The van der Waals surface area contributed by atoms with E-state index in [9.17, 15) is 0 Å². The van der Waals surface area contributed by atoms with Gasteiger partial charge in [0, 0.05) is 18.6 Å². The smallest absolute Gasteiger partial charge is 0.0112 e. The summed E-state index contributed by atoms with van der Waals surface area (Å²) in [7, 11) is 0. The zero-order valence-electron chi connectivity index (χ0n) is 13.4. The lowest BCUT2D eigenvalue weighted by atomic mass is 9.72. The van der Waals surface area contributed by atoms with Crippen LogP contribution >= 0.6 is 0 Å². The predicted octanol–water partition coefficient (Wildman–Crippen LogP) is 3.38. The van der Waals surface area contributed by atoms with Gasteiger partial charge < -0.3 is 10.2 Å². The summed E-state index contributed by atoms with van der Waals surface area (Å²) in [5.74, 6) is 2.56. The Labute approximate surface area is 115 Å². The maximum Gasteiger partial charge on any atom is 0.0112 e. The highest BCUT2D eigenvalue weighted by atomic mass is 15.1. The van der Waals surface area contributed by atoms with E-state index in [1.165, 1.54) is 25.9 Å². The van der Waals surface area contributed by atoms with Gasteiger partial charge >= 0.3 is 0 Å². The maximum atomic E-state index is 3.74. The first-order valence-corrected chi connectivity index (χ1v) is 7.96. The number of rotatable bonds is 6. The Morgan fingerprint density at radius 2 is 1.83 bits per heavy atom. The molecule has 4 unspecified atom stereocenters. The molecule has 1 N–H and O–H groups in total. The van der Waals surface area contributed by atoms with Crippen molar-refractivity contribution in [2.75, 3.05) is 19.6 Å². The van der Waals surface area contributed by atoms with Crippen molar-refractivity contribution in [2.45, 2.75) is 66.5 Å². The third-order valence-corrected chi connectivity index (χ3v) is 4.73. The summed E-state index contributed by atoms with van der Waals surface area (Å²) in [6, 6.07) is 1.39. The molecule has 1 aliphatic rings. The molecule has 1 fully saturated rings. The summed E-state index contributed by atoms with van der Waals surface area (Å²) in [5, 5.41) is 3.74. The lowest BCUT2D eigenvalue weighted by molar-refractivity contribution is 0.0906. The predicted molar refractivity (Wildman–Crippen MR) is 80.9 cm³/mol. The Bertz CT molecular complexity index is 227. The van der Waals surface area contributed by atoms with Crippen molar-refractivity contribution in [1.29, 1.82) is 0 Å². The number of nitrogens with zero attached hydrogens (tertiary/aromatic N) is 1. The second kappa shape index (κ2) is 7.49. The van der Waals surface area contributed by atoms with Crippen LogP contribution < -0.4 is 5.32 Å². The van der Waals surface area contributed by atoms with Gasteiger partial charge in [-0.1, -0.05) is 27.7 Å². The summed E-state index contributed by atoms with van der Waals surface area (Å²) >= 11 is 0. The molecule has 2 heteroatoms. The second-order valence-electron chi connectivity index (χ2n) is 6.56. The molecule has 0 bridgehead atoms. The molecule has 0 spiro atoms. The molecule has 0 radical (unpaired) electrons. The van der Waals surface area contributed by atoms with E-state index in [1.54, 1.807) is 0 Å². The van der Waals surface area contributed by atoms with Crippen molar-refractivity contribution in [3.8, 4) is 0 Å². The minimum atomic E-state index is 0.670. The highest BCUT2D eigenvalue weighted by Gasteiger charge is 2.34. The van der Waals surface area contributed by atoms with Gasteiger partial charge in [-0.05, 0) is 57.5 Å². The Morgan fingerprint density at radius 3 is 2.33 bits per heavy atom. The van der Waals surface area contributed by atoms with Gasteiger partial charge in [0.1, 0.15) is 0 Å². The fourth-order valence-electron chi connectivity index (χ4n) is 3.69. The molecular formula is C16H34N2. The zero-order chi connectivity index (χ0) is 13.7. The molecule has 0 aliphatic heterocycles. The van der Waals surface area contributed by atoms with E-state index in [0.29, 0.717) is 6.04 Å². The van der Waals surface area contributed by atoms with Gasteiger partial charge in [0.2, 0.25) is 0 Å². The van der Waals surface area contributed by atoms with Crippen molar-refractivity contribution in [1.82, 2.24) is 10.2 Å². The third kappa shape index (κ3) is 4.24. The fraction of sp³-hybridized carbons (Fsp3) is 1.00. The molecule has 108 valence electrons. The van der Waals surface area contributed by atoms with Gasteiger partial charge in [0.15, 0.2) is 0 Å². The molecule has 0 aromatic rings. The number of hydrogen-bond donors (Lipinski definition) is 1. The van der Waals surface area contributed by atoms with Crippen LogP contribution in [0.4, 0.5) is 0 Å². The third-order valence-electron chi connectivity index (χ3n) is 4.73. The first-order valence-electron chi connectivity index (χ1n) is 7.96. The molecule has 4 atom stereocenters. The zero-order valence-corrected chi connectivity index (χ0v) is 13.4. The summed E-state index contributed by atoms with van der Waals surface area (Å²) in [5.41, 5.74) is 0. The summed E-state index contributed by atoms with van der Waals surface area (Å²) < 4.78 is 0. The van der Waals surface area contributed by atoms with Crippen LogP contribution in [0.3, 0.4) is 0 Å². The van der Waals surface area contributed by atoms with Crippen LogP contribution in [0, 0.1) is 17.8 Å². The average molecular weight is 254 g/mol. The van der Waals surface area contributed by atoms with Crippen LogP contribution in [0.1, 0.15) is 54.4 Å². The topological polar surface area (TPSA) is 15.3 Å². The van der Waals surface area contributed by atoms with E-state index in [4.69, 9.17) is 0 Å². The normalized spacial score (nSPS) is 33.3. The summed E-state index contributed by atoms with van der Waals surface area (Å²) in [6.07, 6.45) is 2.76. The van der Waals surface area contributed by atoms with Crippen molar-refractivity contribution < 1.29 is 0 Å². The minimum absolute atomic E-state index is 0.670. The van der Waals surface area contributed by atoms with Crippen LogP contribution in [0.2, 0.25) is 0 Å². The lowest BCUT2D eigenvalue weighted by Crippen LogP contribution is -2.50. The second-order valence-corrected chi connectivity index (χ2v) is 6.56. The van der Waals surface area contributed by atoms with E-state index in [2.05, 4.69) is 51.8 Å². The standard InChI is InChI=1S/C16H34N2/c1-7-17-16-10-13(5)9-14(6)15(16)11-18(8-2)12(3)4/h12-17H,7-11H2,1-6H3. The molecule has 1 rings (SSSR count). The molecular weight excluding hydrogens is 220 g/mol. The van der Waals surface area contributed by atoms with E-state index in [-0.39, 0.29) is 0 Å². The number of hydrogen-bond acceptors (Lipinski definition) is 2. The highest BCUT2D eigenvalue weighted by molar-refractivity contribution is 4.89. The molecule has 0 aromatic heterocycles. The molecule has 0 heterocycles. The Kier molecular flexibility index (Phi) is 6.65. The summed E-state index contributed by atoms with van der Waals surface area (Å²) in [4.78, 5) is 2.63. The van der Waals surface area contributed by atoms with Crippen LogP contribution in [-0.4, -0.2) is 36.6 Å².